The Bertz CT molecular complexity index is 1340. The van der Waals surface area contributed by atoms with Gasteiger partial charge in [0.25, 0.3) is 0 Å². The van der Waals surface area contributed by atoms with Gasteiger partial charge in [-0.2, -0.15) is 0 Å². The minimum absolute atomic E-state index is 0.250. The van der Waals surface area contributed by atoms with E-state index in [2.05, 4.69) is 105 Å². The maximum Gasteiger partial charge on any atom is 0.335 e. The molecule has 0 aliphatic rings. The van der Waals surface area contributed by atoms with Gasteiger partial charge in [-0.05, 0) is 103 Å². The van der Waals surface area contributed by atoms with Gasteiger partial charge in [-0.3, -0.25) is 0 Å². The van der Waals surface area contributed by atoms with Crippen LogP contribution in [0.5, 0.6) is 5.75 Å². The van der Waals surface area contributed by atoms with E-state index < -0.39 is 5.97 Å². The molecule has 0 saturated carbocycles. The van der Waals surface area contributed by atoms with Crippen molar-refractivity contribution >= 4 is 11.7 Å². The van der Waals surface area contributed by atoms with Crippen molar-refractivity contribution in [2.24, 2.45) is 0 Å². The van der Waals surface area contributed by atoms with E-state index in [9.17, 15) is 4.79 Å². The zero-order chi connectivity index (χ0) is 27.8. The SMILES string of the molecule is CCC(CC)c1ccc(N(Cc2cccc(-c3ccc(COc4ccc(C(=O)O)cc4)cc3)c2)C(C)C)cc1. The molecule has 0 unspecified atom stereocenters. The van der Waals surface area contributed by atoms with Crippen LogP contribution in [0.4, 0.5) is 5.69 Å². The summed E-state index contributed by atoms with van der Waals surface area (Å²) >= 11 is 0. The molecule has 4 nitrogen and oxygen atoms in total. The van der Waals surface area contributed by atoms with Crippen LogP contribution >= 0.6 is 0 Å². The maximum absolute atomic E-state index is 11.0. The summed E-state index contributed by atoms with van der Waals surface area (Å²) in [5.74, 6) is 0.340. The zero-order valence-electron chi connectivity index (χ0n) is 23.4. The minimum atomic E-state index is -0.940. The fourth-order valence-corrected chi connectivity index (χ4v) is 4.97. The van der Waals surface area contributed by atoms with Gasteiger partial charge in [-0.1, -0.05) is 68.4 Å². The third-order valence-corrected chi connectivity index (χ3v) is 7.38. The van der Waals surface area contributed by atoms with Crippen LogP contribution < -0.4 is 9.64 Å². The molecule has 0 spiro atoms. The first-order chi connectivity index (χ1) is 18.9. The lowest BCUT2D eigenvalue weighted by Crippen LogP contribution is -2.30. The second kappa shape index (κ2) is 13.1. The summed E-state index contributed by atoms with van der Waals surface area (Å²) in [4.78, 5) is 13.5. The molecule has 0 saturated heterocycles. The average molecular weight is 522 g/mol. The highest BCUT2D eigenvalue weighted by Gasteiger charge is 2.14. The van der Waals surface area contributed by atoms with Crippen LogP contribution in [0.25, 0.3) is 11.1 Å². The standard InChI is InChI=1S/C35H39NO3/c1-5-28(6-2)29-14-18-33(19-15-29)36(25(3)4)23-27-8-7-9-32(22-27)30-12-10-26(11-13-30)24-39-34-20-16-31(17-21-34)35(37)38/h7-22,25,28H,5-6,23-24H2,1-4H3,(H,37,38). The van der Waals surface area contributed by atoms with Crippen molar-refractivity contribution in [3.63, 3.8) is 0 Å². The lowest BCUT2D eigenvalue weighted by molar-refractivity contribution is 0.0697. The fourth-order valence-electron chi connectivity index (χ4n) is 4.97. The summed E-state index contributed by atoms with van der Waals surface area (Å²) < 4.78 is 5.83. The van der Waals surface area contributed by atoms with Crippen LogP contribution in [0.1, 0.15) is 73.5 Å². The number of aromatic carboxylic acids is 1. The minimum Gasteiger partial charge on any atom is -0.489 e. The predicted molar refractivity (Wildman–Crippen MR) is 161 cm³/mol. The molecule has 4 rings (SSSR count). The smallest absolute Gasteiger partial charge is 0.335 e. The van der Waals surface area contributed by atoms with E-state index in [4.69, 9.17) is 9.84 Å². The van der Waals surface area contributed by atoms with Gasteiger partial charge in [-0.25, -0.2) is 4.79 Å². The second-order valence-electron chi connectivity index (χ2n) is 10.3. The number of anilines is 1. The lowest BCUT2D eigenvalue weighted by atomic mass is 9.94. The number of nitrogens with zero attached hydrogens (tertiary/aromatic N) is 1. The molecule has 4 aromatic carbocycles. The summed E-state index contributed by atoms with van der Waals surface area (Å²) in [7, 11) is 0. The highest BCUT2D eigenvalue weighted by molar-refractivity contribution is 5.87. The van der Waals surface area contributed by atoms with Crippen molar-refractivity contribution in [3.05, 3.63) is 119 Å². The van der Waals surface area contributed by atoms with Gasteiger partial charge < -0.3 is 14.7 Å². The maximum atomic E-state index is 11.0. The molecular formula is C35H39NO3. The van der Waals surface area contributed by atoms with Gasteiger partial charge in [0.2, 0.25) is 0 Å². The van der Waals surface area contributed by atoms with Gasteiger partial charge in [0.15, 0.2) is 0 Å². The first-order valence-electron chi connectivity index (χ1n) is 13.9. The number of benzene rings is 4. The number of rotatable bonds is 12. The fraction of sp³-hybridized carbons (Fsp3) is 0.286. The lowest BCUT2D eigenvalue weighted by Gasteiger charge is -2.30. The summed E-state index contributed by atoms with van der Waals surface area (Å²) in [6.45, 7) is 10.3. The third-order valence-electron chi connectivity index (χ3n) is 7.38. The van der Waals surface area contributed by atoms with Gasteiger partial charge in [0, 0.05) is 18.3 Å². The number of hydrogen-bond donors (Lipinski definition) is 1. The van der Waals surface area contributed by atoms with Crippen molar-refractivity contribution in [2.75, 3.05) is 4.90 Å². The highest BCUT2D eigenvalue weighted by Crippen LogP contribution is 2.28. The summed E-state index contributed by atoms with van der Waals surface area (Å²) in [5.41, 5.74) is 7.63. The Balaban J connectivity index is 1.42. The van der Waals surface area contributed by atoms with E-state index in [0.29, 0.717) is 24.3 Å². The summed E-state index contributed by atoms with van der Waals surface area (Å²) in [6.07, 6.45) is 2.35. The molecule has 4 aromatic rings. The van der Waals surface area contributed by atoms with Crippen LogP contribution in [-0.4, -0.2) is 17.1 Å². The number of carboxylic acids is 1. The first-order valence-corrected chi connectivity index (χ1v) is 13.9. The Kier molecular flexibility index (Phi) is 9.43. The van der Waals surface area contributed by atoms with Crippen LogP contribution in [0, 0.1) is 0 Å². The van der Waals surface area contributed by atoms with Crippen LogP contribution in [0.15, 0.2) is 97.1 Å². The van der Waals surface area contributed by atoms with Gasteiger partial charge >= 0.3 is 5.97 Å². The molecular weight excluding hydrogens is 482 g/mol. The topological polar surface area (TPSA) is 49.8 Å². The Morgan fingerprint density at radius 1 is 0.795 bits per heavy atom. The monoisotopic (exact) mass is 521 g/mol. The average Bonchev–Trinajstić information content (AvgIpc) is 2.96. The molecule has 0 aliphatic carbocycles. The molecule has 0 aliphatic heterocycles. The molecule has 0 heterocycles. The van der Waals surface area contributed by atoms with E-state index in [0.717, 1.165) is 17.7 Å². The molecule has 0 amide bonds. The van der Waals surface area contributed by atoms with Gasteiger partial charge in [0.1, 0.15) is 12.4 Å². The molecule has 0 bridgehead atoms. The molecule has 202 valence electrons. The molecule has 0 aromatic heterocycles. The van der Waals surface area contributed by atoms with Crippen molar-refractivity contribution in [3.8, 4) is 16.9 Å². The van der Waals surface area contributed by atoms with E-state index in [1.807, 2.05) is 0 Å². The van der Waals surface area contributed by atoms with Crippen molar-refractivity contribution in [1.82, 2.24) is 0 Å². The molecule has 39 heavy (non-hydrogen) atoms. The predicted octanol–water partition coefficient (Wildman–Crippen LogP) is 8.95. The molecule has 0 radical (unpaired) electrons. The molecule has 1 N–H and O–H groups in total. The number of ether oxygens (including phenoxy) is 1. The number of carboxylic acid groups (broad SMARTS) is 1. The highest BCUT2D eigenvalue weighted by atomic mass is 16.5. The van der Waals surface area contributed by atoms with E-state index in [-0.39, 0.29) is 5.56 Å². The Morgan fingerprint density at radius 3 is 2.05 bits per heavy atom. The van der Waals surface area contributed by atoms with Gasteiger partial charge in [0.05, 0.1) is 5.56 Å². The van der Waals surface area contributed by atoms with Crippen LogP contribution in [0.3, 0.4) is 0 Å². The first kappa shape index (κ1) is 28.0. The normalized spacial score (nSPS) is 11.1. The largest absolute Gasteiger partial charge is 0.489 e. The molecule has 0 atom stereocenters. The molecule has 4 heteroatoms. The van der Waals surface area contributed by atoms with Crippen molar-refractivity contribution in [2.45, 2.75) is 65.6 Å². The Morgan fingerprint density at radius 2 is 1.46 bits per heavy atom. The second-order valence-corrected chi connectivity index (χ2v) is 10.3. The number of hydrogen-bond acceptors (Lipinski definition) is 3. The Labute approximate surface area is 232 Å². The van der Waals surface area contributed by atoms with Crippen molar-refractivity contribution < 1.29 is 14.6 Å². The summed E-state index contributed by atoms with van der Waals surface area (Å²) in [6, 6.07) is 33.2. The van der Waals surface area contributed by atoms with E-state index >= 15 is 0 Å². The third kappa shape index (κ3) is 7.29. The number of carbonyl (C=O) groups is 1. The quantitative estimate of drug-likeness (QED) is 0.202. The van der Waals surface area contributed by atoms with Crippen molar-refractivity contribution in [1.29, 1.82) is 0 Å². The van der Waals surface area contributed by atoms with Crippen LogP contribution in [-0.2, 0) is 13.2 Å². The Hall–Kier alpha value is -4.05. The summed E-state index contributed by atoms with van der Waals surface area (Å²) in [5, 5.41) is 9.04. The van der Waals surface area contributed by atoms with E-state index in [1.165, 1.54) is 35.2 Å². The van der Waals surface area contributed by atoms with Crippen LogP contribution in [0.2, 0.25) is 0 Å². The molecule has 0 fully saturated rings. The van der Waals surface area contributed by atoms with E-state index in [1.54, 1.807) is 24.3 Å². The van der Waals surface area contributed by atoms with Gasteiger partial charge in [-0.15, -0.1) is 0 Å². The zero-order valence-corrected chi connectivity index (χ0v) is 23.4.